The molecule has 2 aromatic heterocycles. The highest BCUT2D eigenvalue weighted by atomic mass is 31.3. The van der Waals surface area contributed by atoms with Crippen LogP contribution in [0.25, 0.3) is 11.2 Å². The predicted octanol–water partition coefficient (Wildman–Crippen LogP) is 0.565. The molecule has 28 heavy (non-hydrogen) atoms. The zero-order chi connectivity index (χ0) is 20.1. The normalized spacial score (nSPS) is 38.8. The number of hydrogen-bond donors (Lipinski definition) is 4. The smallest absolute Gasteiger partial charge is 0.390 e. The number of fused-ring (bicyclic) bond motifs is 1. The maximum Gasteiger partial charge on any atom is 0.488 e. The molecule has 0 saturated carbocycles. The number of rotatable bonds is 4. The maximum atomic E-state index is 11.4. The first-order valence-corrected chi connectivity index (χ1v) is 11.7. The number of aliphatic hydroxyl groups excluding tert-OH is 1. The van der Waals surface area contributed by atoms with E-state index in [1.165, 1.54) is 12.7 Å². The van der Waals surface area contributed by atoms with E-state index in [9.17, 15) is 24.0 Å². The average molecular weight is 457 g/mol. The van der Waals surface area contributed by atoms with Gasteiger partial charge >= 0.3 is 24.2 Å². The van der Waals surface area contributed by atoms with Crippen molar-refractivity contribution in [3.8, 4) is 0 Å². The number of nitrogens with zero attached hydrogens (tertiary/aromatic N) is 4. The molecule has 0 spiro atoms. The van der Waals surface area contributed by atoms with E-state index in [0.717, 1.165) is 0 Å². The summed E-state index contributed by atoms with van der Waals surface area (Å²) in [5.41, 5.74) is 6.53. The van der Waals surface area contributed by atoms with Crippen LogP contribution in [0.5, 0.6) is 0 Å². The summed E-state index contributed by atoms with van der Waals surface area (Å²) >= 11 is 0. The van der Waals surface area contributed by atoms with E-state index in [2.05, 4.69) is 27.9 Å². The number of nitrogen functional groups attached to an aromatic ring is 1. The third-order valence-electron chi connectivity index (χ3n) is 3.79. The van der Waals surface area contributed by atoms with Crippen LogP contribution in [0.1, 0.15) is 12.6 Å². The fourth-order valence-corrected chi connectivity index (χ4v) is 6.84. The third kappa shape index (κ3) is 4.11. The molecule has 18 heteroatoms. The Morgan fingerprint density at radius 2 is 2.00 bits per heavy atom. The molecule has 2 aliphatic heterocycles. The monoisotopic (exact) mass is 457 g/mol. The van der Waals surface area contributed by atoms with Crippen molar-refractivity contribution < 1.29 is 46.2 Å². The molecule has 4 rings (SSSR count). The SMILES string of the molecule is Nc1ncnc2c1ncn2C1CC(O)C(COP2OP(=O)(O)OP(=O)(O)O2)O1. The zero-order valence-corrected chi connectivity index (χ0v) is 16.4. The topological polar surface area (TPSA) is 211 Å². The Morgan fingerprint density at radius 1 is 1.29 bits per heavy atom. The summed E-state index contributed by atoms with van der Waals surface area (Å²) in [6.07, 6.45) is 0.332. The van der Waals surface area contributed by atoms with Crippen molar-refractivity contribution in [2.45, 2.75) is 24.9 Å². The van der Waals surface area contributed by atoms with E-state index in [0.29, 0.717) is 11.2 Å². The summed E-state index contributed by atoms with van der Waals surface area (Å²) in [5.74, 6) is 0.195. The van der Waals surface area contributed by atoms with Crippen molar-refractivity contribution in [2.24, 2.45) is 0 Å². The number of imidazole rings is 1. The summed E-state index contributed by atoms with van der Waals surface area (Å²) in [4.78, 5) is 30.5. The van der Waals surface area contributed by atoms with Crippen LogP contribution in [0.15, 0.2) is 12.7 Å². The molecular weight excluding hydrogens is 443 g/mol. The fraction of sp³-hybridized carbons (Fsp3) is 0.500. The predicted molar refractivity (Wildman–Crippen MR) is 90.0 cm³/mol. The van der Waals surface area contributed by atoms with Crippen LogP contribution in [-0.4, -0.2) is 53.2 Å². The lowest BCUT2D eigenvalue weighted by Crippen LogP contribution is -2.26. The van der Waals surface area contributed by atoms with Gasteiger partial charge in [0, 0.05) is 6.42 Å². The van der Waals surface area contributed by atoms with Gasteiger partial charge in [-0.3, -0.25) is 4.57 Å². The molecule has 4 heterocycles. The molecule has 2 saturated heterocycles. The van der Waals surface area contributed by atoms with Gasteiger partial charge in [0.25, 0.3) is 0 Å². The van der Waals surface area contributed by atoms with Crippen molar-refractivity contribution in [3.05, 3.63) is 12.7 Å². The minimum Gasteiger partial charge on any atom is -0.390 e. The molecular formula is C10H14N5O10P3. The van der Waals surface area contributed by atoms with Crippen molar-refractivity contribution in [3.63, 3.8) is 0 Å². The summed E-state index contributed by atoms with van der Waals surface area (Å²) in [6, 6.07) is 0. The van der Waals surface area contributed by atoms with Gasteiger partial charge in [0.1, 0.15) is 24.2 Å². The number of nitrogens with two attached hydrogens (primary N) is 1. The Morgan fingerprint density at radius 3 is 2.71 bits per heavy atom. The van der Waals surface area contributed by atoms with Crippen LogP contribution in [0.4, 0.5) is 5.82 Å². The summed E-state index contributed by atoms with van der Waals surface area (Å²) in [6.45, 7) is -0.354. The molecule has 15 nitrogen and oxygen atoms in total. The van der Waals surface area contributed by atoms with Crippen molar-refractivity contribution in [1.29, 1.82) is 0 Å². The van der Waals surface area contributed by atoms with E-state index in [-0.39, 0.29) is 18.8 Å². The quantitative estimate of drug-likeness (QED) is 0.462. The molecule has 0 amide bonds. The molecule has 0 radical (unpaired) electrons. The van der Waals surface area contributed by atoms with Gasteiger partial charge < -0.3 is 29.9 Å². The van der Waals surface area contributed by atoms with Crippen LogP contribution in [-0.2, 0) is 31.3 Å². The minimum absolute atomic E-state index is 0.156. The first-order chi connectivity index (χ1) is 13.1. The van der Waals surface area contributed by atoms with E-state index >= 15 is 0 Å². The summed E-state index contributed by atoms with van der Waals surface area (Å²) in [7, 11) is -12.3. The lowest BCUT2D eigenvalue weighted by molar-refractivity contribution is -0.0400. The maximum absolute atomic E-state index is 11.4. The van der Waals surface area contributed by atoms with E-state index in [4.69, 9.17) is 15.0 Å². The van der Waals surface area contributed by atoms with Crippen LogP contribution < -0.4 is 5.73 Å². The molecule has 0 aromatic carbocycles. The molecule has 5 unspecified atom stereocenters. The van der Waals surface area contributed by atoms with Gasteiger partial charge in [-0.25, -0.2) is 32.7 Å². The number of aromatic nitrogens is 4. The van der Waals surface area contributed by atoms with Crippen LogP contribution in [0.2, 0.25) is 0 Å². The third-order valence-corrected chi connectivity index (χ3v) is 8.52. The Balaban J connectivity index is 1.42. The Bertz CT molecular complexity index is 964. The minimum atomic E-state index is -4.80. The van der Waals surface area contributed by atoms with Crippen LogP contribution in [0.3, 0.4) is 0 Å². The summed E-state index contributed by atoms with van der Waals surface area (Å²) < 4.78 is 48.0. The molecule has 2 aliphatic rings. The van der Waals surface area contributed by atoms with Crippen molar-refractivity contribution in [1.82, 2.24) is 19.5 Å². The van der Waals surface area contributed by atoms with E-state index in [1.807, 2.05) is 0 Å². The standard InChI is InChI=1S/C10H14N5O10P3/c11-9-8-10(13-3-12-9)15(4-14-8)7-1-5(16)6(22-7)2-21-26-23-27(17,18)25-28(19,20)24-26/h3-7,16H,1-2H2,(H,17,18)(H,19,20)(H2,11,12,13). The van der Waals surface area contributed by atoms with Gasteiger partial charge in [0.2, 0.25) is 0 Å². The van der Waals surface area contributed by atoms with E-state index in [1.54, 1.807) is 4.57 Å². The van der Waals surface area contributed by atoms with Gasteiger partial charge in [0.15, 0.2) is 11.5 Å². The van der Waals surface area contributed by atoms with Gasteiger partial charge in [-0.15, -0.1) is 0 Å². The van der Waals surface area contributed by atoms with Gasteiger partial charge in [-0.2, -0.15) is 4.31 Å². The number of hydrogen-bond acceptors (Lipinski definition) is 12. The fourth-order valence-electron chi connectivity index (χ4n) is 2.64. The molecule has 5 atom stereocenters. The second kappa shape index (κ2) is 7.31. The highest BCUT2D eigenvalue weighted by molar-refractivity contribution is 7.72. The summed E-state index contributed by atoms with van der Waals surface area (Å²) in [5, 5.41) is 10.2. The molecule has 0 bridgehead atoms. The van der Waals surface area contributed by atoms with Crippen molar-refractivity contribution in [2.75, 3.05) is 12.3 Å². The zero-order valence-electron chi connectivity index (χ0n) is 13.7. The first-order valence-electron chi connectivity index (χ1n) is 7.59. The molecule has 2 fully saturated rings. The number of aliphatic hydroxyl groups is 1. The lowest BCUT2D eigenvalue weighted by atomic mass is 10.2. The molecule has 154 valence electrons. The number of anilines is 1. The first kappa shape index (κ1) is 20.2. The lowest BCUT2D eigenvalue weighted by Gasteiger charge is -2.27. The Labute approximate surface area is 157 Å². The van der Waals surface area contributed by atoms with Crippen LogP contribution in [0, 0.1) is 0 Å². The highest BCUT2D eigenvalue weighted by Crippen LogP contribution is 2.76. The van der Waals surface area contributed by atoms with Gasteiger partial charge in [-0.05, 0) is 0 Å². The largest absolute Gasteiger partial charge is 0.488 e. The second-order valence-electron chi connectivity index (χ2n) is 5.72. The molecule has 0 aliphatic carbocycles. The Hall–Kier alpha value is -1.08. The van der Waals surface area contributed by atoms with Crippen LogP contribution >= 0.6 is 24.2 Å². The highest BCUT2D eigenvalue weighted by Gasteiger charge is 2.48. The number of ether oxygens (including phenoxy) is 1. The Kier molecular flexibility index (Phi) is 5.28. The average Bonchev–Trinajstić information content (AvgIpc) is 3.14. The molecule has 2 aromatic rings. The van der Waals surface area contributed by atoms with Gasteiger partial charge in [0.05, 0.1) is 19.0 Å². The van der Waals surface area contributed by atoms with E-state index < -0.39 is 42.7 Å². The van der Waals surface area contributed by atoms with Gasteiger partial charge in [-0.1, -0.05) is 0 Å². The molecule has 5 N–H and O–H groups in total. The number of phosphoric acid groups is 2. The second-order valence-corrected chi connectivity index (χ2v) is 10.3. The van der Waals surface area contributed by atoms with Crippen molar-refractivity contribution >= 4 is 41.2 Å².